The van der Waals surface area contributed by atoms with Crippen molar-refractivity contribution in [1.29, 1.82) is 5.26 Å². The Morgan fingerprint density at radius 2 is 2.13 bits per heavy atom. The molecule has 1 N–H and O–H groups in total. The third-order valence-electron chi connectivity index (χ3n) is 7.34. The second-order valence-corrected chi connectivity index (χ2v) is 9.91. The number of aryl methyl sites for hydroxylation is 1. The molecule has 0 spiro atoms. The van der Waals surface area contributed by atoms with E-state index in [9.17, 15) is 19.6 Å². The second kappa shape index (κ2) is 11.3. The van der Waals surface area contributed by atoms with Gasteiger partial charge in [0.05, 0.1) is 19.4 Å². The third kappa shape index (κ3) is 5.41. The predicted octanol–water partition coefficient (Wildman–Crippen LogP) is 2.31. The Labute approximate surface area is 225 Å². The van der Waals surface area contributed by atoms with Crippen LogP contribution in [0.1, 0.15) is 46.9 Å². The van der Waals surface area contributed by atoms with Crippen molar-refractivity contribution in [3.63, 3.8) is 0 Å². The molecule has 3 atom stereocenters. The van der Waals surface area contributed by atoms with Crippen LogP contribution >= 0.6 is 0 Å². The molecule has 0 aliphatic carbocycles. The first-order valence-corrected chi connectivity index (χ1v) is 12.9. The van der Waals surface area contributed by atoms with Crippen LogP contribution < -0.4 is 15.0 Å². The van der Waals surface area contributed by atoms with Crippen molar-refractivity contribution >= 4 is 29.9 Å². The van der Waals surface area contributed by atoms with E-state index in [1.165, 1.54) is 17.2 Å². The Hall–Kier alpha value is -4.08. The molecule has 3 aliphatic heterocycles. The average Bonchev–Trinajstić information content (AvgIpc) is 3.53. The molecule has 0 saturated carbocycles. The molecule has 39 heavy (non-hydrogen) atoms. The number of aromatic nitrogens is 2. The number of ether oxygens (including phenoxy) is 3. The van der Waals surface area contributed by atoms with Gasteiger partial charge in [0.2, 0.25) is 5.91 Å². The molecule has 3 aliphatic rings. The summed E-state index contributed by atoms with van der Waals surface area (Å²) < 4.78 is 16.8. The number of rotatable bonds is 7. The highest BCUT2D eigenvalue weighted by Crippen LogP contribution is 2.30. The number of hydrogen-bond donors (Lipinski definition) is 1. The first-order chi connectivity index (χ1) is 18.9. The fraction of sp³-hybridized carbons (Fsp3) is 0.481. The smallest absolute Gasteiger partial charge is 0.328 e. The molecule has 5 rings (SSSR count). The van der Waals surface area contributed by atoms with Crippen molar-refractivity contribution in [2.45, 2.75) is 44.9 Å². The van der Waals surface area contributed by atoms with Gasteiger partial charge >= 0.3 is 6.03 Å². The van der Waals surface area contributed by atoms with Crippen molar-refractivity contribution in [1.82, 2.24) is 14.9 Å². The molecule has 0 bridgehead atoms. The number of carbonyl (C=O) groups excluding carboxylic acids is 3. The summed E-state index contributed by atoms with van der Waals surface area (Å²) in [5.74, 6) is 0.909. The van der Waals surface area contributed by atoms with E-state index in [2.05, 4.69) is 15.3 Å². The van der Waals surface area contributed by atoms with Crippen LogP contribution in [-0.2, 0) is 27.2 Å². The van der Waals surface area contributed by atoms with Crippen LogP contribution in [0.4, 0.5) is 16.4 Å². The minimum Gasteiger partial charge on any atom is -0.484 e. The van der Waals surface area contributed by atoms with Gasteiger partial charge in [0.25, 0.3) is 0 Å². The Morgan fingerprint density at radius 1 is 1.31 bits per heavy atom. The number of nitrogens with zero attached hydrogens (tertiary/aromatic N) is 5. The predicted molar refractivity (Wildman–Crippen MR) is 138 cm³/mol. The van der Waals surface area contributed by atoms with Gasteiger partial charge in [-0.1, -0.05) is 6.92 Å². The number of aldehydes is 1. The number of pyridine rings is 2. The lowest BCUT2D eigenvalue weighted by atomic mass is 10.0. The lowest BCUT2D eigenvalue weighted by molar-refractivity contribution is -0.131. The molecule has 2 saturated heterocycles. The Morgan fingerprint density at radius 3 is 2.85 bits per heavy atom. The van der Waals surface area contributed by atoms with Gasteiger partial charge in [-0.05, 0) is 30.9 Å². The van der Waals surface area contributed by atoms with Crippen LogP contribution in [-0.4, -0.2) is 78.7 Å². The van der Waals surface area contributed by atoms with Gasteiger partial charge in [-0.3, -0.25) is 19.8 Å². The summed E-state index contributed by atoms with van der Waals surface area (Å²) in [5.41, 5.74) is 1.93. The molecule has 0 aromatic carbocycles. The van der Waals surface area contributed by atoms with E-state index < -0.39 is 12.1 Å². The summed E-state index contributed by atoms with van der Waals surface area (Å²) in [4.78, 5) is 49.6. The van der Waals surface area contributed by atoms with E-state index in [0.29, 0.717) is 63.4 Å². The van der Waals surface area contributed by atoms with Crippen LogP contribution in [0.25, 0.3) is 0 Å². The zero-order chi connectivity index (χ0) is 27.5. The Balaban J connectivity index is 1.35. The Bertz CT molecular complexity index is 1330. The number of carbonyl (C=O) groups is 3. The first kappa shape index (κ1) is 26.5. The molecule has 12 nitrogen and oxygen atoms in total. The first-order valence-electron chi connectivity index (χ1n) is 12.9. The topological polar surface area (TPSA) is 147 Å². The SMILES string of the molecule is CO[C@@H]1COC[C@H]1Oc1cc(NC(=O)N2CCCc3cc(CN4CC[C@H](C)C4=O)c(C=O)nc32)ncc1C#N. The minimum absolute atomic E-state index is 0.0240. The number of anilines is 2. The highest BCUT2D eigenvalue weighted by molar-refractivity contribution is 6.01. The van der Waals surface area contributed by atoms with Gasteiger partial charge in [-0.15, -0.1) is 0 Å². The van der Waals surface area contributed by atoms with E-state index in [0.717, 1.165) is 12.0 Å². The summed E-state index contributed by atoms with van der Waals surface area (Å²) in [6, 6.07) is 4.95. The third-order valence-corrected chi connectivity index (χ3v) is 7.34. The second-order valence-electron chi connectivity index (χ2n) is 9.91. The number of methoxy groups -OCH3 is 1. The number of amides is 3. The molecule has 12 heteroatoms. The minimum atomic E-state index is -0.473. The molecule has 2 aromatic rings. The fourth-order valence-electron chi connectivity index (χ4n) is 5.11. The molecule has 0 radical (unpaired) electrons. The van der Waals surface area contributed by atoms with Crippen LogP contribution in [0, 0.1) is 17.2 Å². The maximum Gasteiger partial charge on any atom is 0.328 e. The van der Waals surface area contributed by atoms with Crippen LogP contribution in [0.15, 0.2) is 18.3 Å². The number of hydrogen-bond acceptors (Lipinski definition) is 9. The summed E-state index contributed by atoms with van der Waals surface area (Å²) in [6.07, 6.45) is 3.51. The average molecular weight is 535 g/mol. The van der Waals surface area contributed by atoms with Gasteiger partial charge in [-0.2, -0.15) is 5.26 Å². The van der Waals surface area contributed by atoms with Gasteiger partial charge in [0.15, 0.2) is 12.4 Å². The molecule has 2 aromatic heterocycles. The Kier molecular flexibility index (Phi) is 7.72. The van der Waals surface area contributed by atoms with Crippen molar-refractivity contribution < 1.29 is 28.6 Å². The number of fused-ring (bicyclic) bond motifs is 1. The van der Waals surface area contributed by atoms with Gasteiger partial charge in [0.1, 0.15) is 40.8 Å². The largest absolute Gasteiger partial charge is 0.484 e. The van der Waals surface area contributed by atoms with Gasteiger partial charge < -0.3 is 19.1 Å². The van der Waals surface area contributed by atoms with E-state index >= 15 is 0 Å². The van der Waals surface area contributed by atoms with Gasteiger partial charge in [-0.25, -0.2) is 14.8 Å². The summed E-state index contributed by atoms with van der Waals surface area (Å²) in [7, 11) is 1.56. The number of nitrogens with one attached hydrogen (secondary N) is 1. The van der Waals surface area contributed by atoms with E-state index in [1.807, 2.05) is 19.1 Å². The zero-order valence-electron chi connectivity index (χ0n) is 21.9. The lowest BCUT2D eigenvalue weighted by Crippen LogP contribution is -2.40. The quantitative estimate of drug-likeness (QED) is 0.529. The fourth-order valence-corrected chi connectivity index (χ4v) is 5.11. The van der Waals surface area contributed by atoms with Crippen LogP contribution in [0.2, 0.25) is 0 Å². The van der Waals surface area contributed by atoms with Crippen LogP contribution in [0.5, 0.6) is 5.75 Å². The maximum absolute atomic E-state index is 13.3. The van der Waals surface area contributed by atoms with E-state index in [4.69, 9.17) is 14.2 Å². The number of likely N-dealkylation sites (tertiary alicyclic amines) is 1. The van der Waals surface area contributed by atoms with Crippen molar-refractivity contribution in [2.24, 2.45) is 5.92 Å². The van der Waals surface area contributed by atoms with Crippen LogP contribution in [0.3, 0.4) is 0 Å². The molecular weight excluding hydrogens is 504 g/mol. The van der Waals surface area contributed by atoms with E-state index in [-0.39, 0.29) is 40.8 Å². The molecule has 5 heterocycles. The maximum atomic E-state index is 13.3. The zero-order valence-corrected chi connectivity index (χ0v) is 21.9. The molecular formula is C27H30N6O6. The van der Waals surface area contributed by atoms with Crippen molar-refractivity contribution in [3.8, 4) is 11.8 Å². The summed E-state index contributed by atoms with van der Waals surface area (Å²) in [5, 5.41) is 12.3. The molecule has 204 valence electrons. The summed E-state index contributed by atoms with van der Waals surface area (Å²) >= 11 is 0. The summed E-state index contributed by atoms with van der Waals surface area (Å²) in [6.45, 7) is 3.97. The highest BCUT2D eigenvalue weighted by atomic mass is 16.6. The molecule has 2 fully saturated rings. The van der Waals surface area contributed by atoms with Crippen molar-refractivity contribution in [2.75, 3.05) is 43.6 Å². The molecule has 3 amide bonds. The lowest BCUT2D eigenvalue weighted by Gasteiger charge is -2.29. The standard InChI is InChI=1S/C27H30N6O6/c1-16-5-7-32(26(16)35)12-18-8-17-4-3-6-33(25(17)30-20(18)13-34)27(36)31-24-9-21(19(10-28)11-29-24)39-23-15-38-14-22(23)37-2/h8-9,11,13,16,22-23H,3-7,12,14-15H2,1-2H3,(H,29,31,36)/t16-,22+,23+/m0/s1. The highest BCUT2D eigenvalue weighted by Gasteiger charge is 2.32. The van der Waals surface area contributed by atoms with E-state index in [1.54, 1.807) is 12.0 Å². The van der Waals surface area contributed by atoms with Gasteiger partial charge in [0, 0.05) is 44.3 Å². The number of nitriles is 1. The monoisotopic (exact) mass is 534 g/mol. The van der Waals surface area contributed by atoms with Crippen molar-refractivity contribution in [3.05, 3.63) is 40.7 Å². The normalized spacial score (nSPS) is 22.4. The molecule has 0 unspecified atom stereocenters. The number of urea groups is 1.